The van der Waals surface area contributed by atoms with Gasteiger partial charge >= 0.3 is 0 Å². The lowest BCUT2D eigenvalue weighted by molar-refractivity contribution is -0.111. The topological polar surface area (TPSA) is 106 Å². The molecule has 0 saturated heterocycles. The molecule has 0 aliphatic rings. The number of anilines is 1. The minimum atomic E-state index is -0.434. The van der Waals surface area contributed by atoms with E-state index >= 15 is 0 Å². The molecule has 35 heavy (non-hydrogen) atoms. The van der Waals surface area contributed by atoms with Gasteiger partial charge < -0.3 is 34.5 Å². The van der Waals surface area contributed by atoms with Crippen LogP contribution in [0.4, 0.5) is 5.69 Å². The average molecular weight is 478 g/mol. The Labute approximate surface area is 203 Å². The Morgan fingerprint density at radius 2 is 1.37 bits per heavy atom. The molecule has 3 aromatic carbocycles. The van der Waals surface area contributed by atoms with Crippen molar-refractivity contribution in [3.63, 3.8) is 0 Å². The first-order valence-electron chi connectivity index (χ1n) is 10.6. The normalized spacial score (nSPS) is 11.0. The highest BCUT2D eigenvalue weighted by Gasteiger charge is 2.14. The summed E-state index contributed by atoms with van der Waals surface area (Å²) in [7, 11) is 6.01. The van der Waals surface area contributed by atoms with Crippen LogP contribution in [-0.2, 0) is 4.79 Å². The summed E-state index contributed by atoms with van der Waals surface area (Å²) in [5.41, 5.74) is 2.35. The summed E-state index contributed by atoms with van der Waals surface area (Å²) < 4.78 is 21.4. The largest absolute Gasteiger partial charge is 0.508 e. The molecule has 8 nitrogen and oxygen atoms in total. The van der Waals surface area contributed by atoms with Crippen LogP contribution in [0.2, 0.25) is 0 Å². The first kappa shape index (κ1) is 25.0. The van der Waals surface area contributed by atoms with Gasteiger partial charge in [-0.25, -0.2) is 0 Å². The van der Waals surface area contributed by atoms with Crippen LogP contribution >= 0.6 is 0 Å². The number of nitrogens with one attached hydrogen (secondary N) is 1. The highest BCUT2D eigenvalue weighted by Crippen LogP contribution is 2.39. The highest BCUT2D eigenvalue weighted by molar-refractivity contribution is 6.03. The molecule has 0 aliphatic heterocycles. The van der Waals surface area contributed by atoms with E-state index < -0.39 is 5.91 Å². The van der Waals surface area contributed by atoms with Crippen LogP contribution in [0.5, 0.6) is 34.5 Å². The zero-order valence-electron chi connectivity index (χ0n) is 19.9. The average Bonchev–Trinajstić information content (AvgIpc) is 2.85. The molecule has 1 amide bonds. The molecule has 0 bridgehead atoms. The SMILES string of the molecule is COc1cc(/C=C/c2cc(O)c(OC)c(NC(=O)/C=C/c3cccc(O)c3)c2)cc(OC)c1OC. The molecular formula is C27H27NO7. The molecule has 3 N–H and O–H groups in total. The molecule has 0 saturated carbocycles. The number of hydrogen-bond donors (Lipinski definition) is 3. The van der Waals surface area contributed by atoms with Crippen molar-refractivity contribution in [1.82, 2.24) is 0 Å². The number of rotatable bonds is 9. The maximum absolute atomic E-state index is 12.5. The molecule has 0 spiro atoms. The van der Waals surface area contributed by atoms with Gasteiger partial charge in [0.25, 0.3) is 0 Å². The number of carbonyl (C=O) groups excluding carboxylic acids is 1. The van der Waals surface area contributed by atoms with Gasteiger partial charge in [-0.15, -0.1) is 0 Å². The third-order valence-corrected chi connectivity index (χ3v) is 5.01. The van der Waals surface area contributed by atoms with Crippen molar-refractivity contribution in [3.8, 4) is 34.5 Å². The quantitative estimate of drug-likeness (QED) is 0.296. The molecular weight excluding hydrogens is 450 g/mol. The molecule has 0 heterocycles. The zero-order valence-corrected chi connectivity index (χ0v) is 19.9. The lowest BCUT2D eigenvalue weighted by atomic mass is 10.1. The first-order valence-corrected chi connectivity index (χ1v) is 10.6. The van der Waals surface area contributed by atoms with Gasteiger partial charge in [0.15, 0.2) is 23.0 Å². The second-order valence-electron chi connectivity index (χ2n) is 7.33. The molecule has 0 atom stereocenters. The fourth-order valence-electron chi connectivity index (χ4n) is 3.40. The summed E-state index contributed by atoms with van der Waals surface area (Å²) in [6, 6.07) is 13.3. The van der Waals surface area contributed by atoms with Gasteiger partial charge in [-0.3, -0.25) is 4.79 Å². The number of phenolic OH excluding ortho intramolecular Hbond substituents is 2. The van der Waals surface area contributed by atoms with Crippen LogP contribution in [0.1, 0.15) is 16.7 Å². The van der Waals surface area contributed by atoms with E-state index in [4.69, 9.17) is 18.9 Å². The van der Waals surface area contributed by atoms with Gasteiger partial charge in [-0.1, -0.05) is 24.3 Å². The molecule has 3 aromatic rings. The van der Waals surface area contributed by atoms with Gasteiger partial charge in [0, 0.05) is 6.08 Å². The number of hydrogen-bond acceptors (Lipinski definition) is 7. The molecule has 3 rings (SSSR count). The molecule has 0 radical (unpaired) electrons. The number of ether oxygens (including phenoxy) is 4. The number of carbonyl (C=O) groups is 1. The Balaban J connectivity index is 1.87. The Hall–Kier alpha value is -4.59. The molecule has 0 aromatic heterocycles. The van der Waals surface area contributed by atoms with Crippen molar-refractivity contribution in [2.24, 2.45) is 0 Å². The molecule has 0 unspecified atom stereocenters. The number of aromatic hydroxyl groups is 2. The second kappa shape index (κ2) is 11.5. The monoisotopic (exact) mass is 477 g/mol. The first-order chi connectivity index (χ1) is 16.9. The third kappa shape index (κ3) is 6.26. The van der Waals surface area contributed by atoms with Crippen molar-refractivity contribution in [2.75, 3.05) is 33.8 Å². The lowest BCUT2D eigenvalue weighted by Crippen LogP contribution is -2.09. The summed E-state index contributed by atoms with van der Waals surface area (Å²) in [4.78, 5) is 12.5. The van der Waals surface area contributed by atoms with Crippen molar-refractivity contribution in [2.45, 2.75) is 0 Å². The molecule has 8 heteroatoms. The van der Waals surface area contributed by atoms with Crippen molar-refractivity contribution < 1.29 is 34.0 Å². The minimum absolute atomic E-state index is 0.103. The standard InChI is InChI=1S/C27H27NO7/c1-32-23-15-19(16-24(33-2)27(23)35-4)9-8-18-13-21(26(34-3)22(30)14-18)28-25(31)11-10-17-6-5-7-20(29)12-17/h5-16,29-30H,1-4H3,(H,28,31)/b9-8+,11-10+. The van der Waals surface area contributed by atoms with Crippen molar-refractivity contribution in [1.29, 1.82) is 0 Å². The summed E-state index contributed by atoms with van der Waals surface area (Å²) in [5.74, 6) is 1.17. The van der Waals surface area contributed by atoms with Gasteiger partial charge in [0.05, 0.1) is 34.1 Å². The van der Waals surface area contributed by atoms with Gasteiger partial charge in [-0.2, -0.15) is 0 Å². The van der Waals surface area contributed by atoms with Crippen LogP contribution in [0.3, 0.4) is 0 Å². The van der Waals surface area contributed by atoms with Gasteiger partial charge in [-0.05, 0) is 59.2 Å². The highest BCUT2D eigenvalue weighted by atomic mass is 16.5. The van der Waals surface area contributed by atoms with Gasteiger partial charge in [0.1, 0.15) is 5.75 Å². The van der Waals surface area contributed by atoms with Crippen LogP contribution in [0, 0.1) is 0 Å². The molecule has 0 aliphatic carbocycles. The lowest BCUT2D eigenvalue weighted by Gasteiger charge is -2.13. The van der Waals surface area contributed by atoms with Crippen LogP contribution in [0.15, 0.2) is 54.6 Å². The molecule has 0 fully saturated rings. The molecule has 182 valence electrons. The number of phenols is 2. The number of benzene rings is 3. The van der Waals surface area contributed by atoms with Gasteiger partial charge in [0.2, 0.25) is 11.7 Å². The fraction of sp³-hybridized carbons (Fsp3) is 0.148. The van der Waals surface area contributed by atoms with Crippen LogP contribution in [-0.4, -0.2) is 44.6 Å². The van der Waals surface area contributed by atoms with E-state index in [0.717, 1.165) is 5.56 Å². The predicted molar refractivity (Wildman–Crippen MR) is 135 cm³/mol. The van der Waals surface area contributed by atoms with E-state index in [9.17, 15) is 15.0 Å². The third-order valence-electron chi connectivity index (χ3n) is 5.01. The van der Waals surface area contributed by atoms with E-state index in [1.54, 1.807) is 54.6 Å². The van der Waals surface area contributed by atoms with E-state index in [1.807, 2.05) is 0 Å². The summed E-state index contributed by atoms with van der Waals surface area (Å²) >= 11 is 0. The Bertz CT molecular complexity index is 1240. The summed E-state index contributed by atoms with van der Waals surface area (Å²) in [6.45, 7) is 0. The van der Waals surface area contributed by atoms with E-state index in [-0.39, 0.29) is 17.2 Å². The number of methoxy groups -OCH3 is 4. The second-order valence-corrected chi connectivity index (χ2v) is 7.33. The van der Waals surface area contributed by atoms with Crippen molar-refractivity contribution in [3.05, 3.63) is 71.3 Å². The summed E-state index contributed by atoms with van der Waals surface area (Å²) in [5, 5.41) is 22.7. The Kier molecular flexibility index (Phi) is 8.24. The van der Waals surface area contributed by atoms with E-state index in [2.05, 4.69) is 5.32 Å². The maximum Gasteiger partial charge on any atom is 0.248 e. The number of amides is 1. The van der Waals surface area contributed by atoms with Crippen LogP contribution in [0.25, 0.3) is 18.2 Å². The van der Waals surface area contributed by atoms with E-state index in [0.29, 0.717) is 34.1 Å². The van der Waals surface area contributed by atoms with Crippen LogP contribution < -0.4 is 24.3 Å². The predicted octanol–water partition coefficient (Wildman–Crippen LogP) is 4.95. The zero-order chi connectivity index (χ0) is 25.4. The Morgan fingerprint density at radius 1 is 0.743 bits per heavy atom. The Morgan fingerprint density at radius 3 is 1.94 bits per heavy atom. The smallest absolute Gasteiger partial charge is 0.248 e. The fourth-order valence-corrected chi connectivity index (χ4v) is 3.40. The maximum atomic E-state index is 12.5. The van der Waals surface area contributed by atoms with Crippen molar-refractivity contribution >= 4 is 29.8 Å². The summed E-state index contributed by atoms with van der Waals surface area (Å²) in [6.07, 6.45) is 6.45. The van der Waals surface area contributed by atoms with E-state index in [1.165, 1.54) is 46.6 Å². The minimum Gasteiger partial charge on any atom is -0.508 e.